The molecule has 1 aromatic heterocycles. The second-order valence-corrected chi connectivity index (χ2v) is 5.39. The van der Waals surface area contributed by atoms with E-state index in [1.54, 1.807) is 0 Å². The summed E-state index contributed by atoms with van der Waals surface area (Å²) in [6.07, 6.45) is 3.19. The molecule has 94 valence electrons. The van der Waals surface area contributed by atoms with E-state index in [1.165, 1.54) is 12.8 Å². The van der Waals surface area contributed by atoms with Gasteiger partial charge in [0.2, 0.25) is 5.89 Å². The number of rotatable bonds is 3. The lowest BCUT2D eigenvalue weighted by molar-refractivity contribution is 0.0220. The average Bonchev–Trinajstić information content (AvgIpc) is 3.06. The molecule has 0 spiro atoms. The van der Waals surface area contributed by atoms with E-state index in [9.17, 15) is 5.11 Å². The van der Waals surface area contributed by atoms with Crippen LogP contribution in [0.5, 0.6) is 0 Å². The molecule has 5 heteroatoms. The van der Waals surface area contributed by atoms with Gasteiger partial charge in [-0.1, -0.05) is 12.1 Å². The zero-order chi connectivity index (χ0) is 11.8. The maximum atomic E-state index is 9.82. The molecule has 0 radical (unpaired) electrons. The van der Waals surface area contributed by atoms with Crippen molar-refractivity contribution in [1.29, 1.82) is 0 Å². The number of piperidine rings is 1. The van der Waals surface area contributed by atoms with Gasteiger partial charge in [-0.3, -0.25) is 4.90 Å². The Bertz CT molecular complexity index is 389. The Hall–Kier alpha value is -0.940. The molecule has 3 rings (SSSR count). The molecule has 1 aromatic rings. The molecule has 1 saturated heterocycles. The summed E-state index contributed by atoms with van der Waals surface area (Å²) in [6.45, 7) is 4.48. The molecule has 2 aliphatic rings. The van der Waals surface area contributed by atoms with Crippen molar-refractivity contribution < 1.29 is 9.63 Å². The van der Waals surface area contributed by atoms with Crippen molar-refractivity contribution in [3.63, 3.8) is 0 Å². The molecule has 2 heterocycles. The smallest absolute Gasteiger partial charge is 0.240 e. The predicted molar refractivity (Wildman–Crippen MR) is 61.3 cm³/mol. The third-order valence-electron chi connectivity index (χ3n) is 3.79. The number of aromatic nitrogens is 2. The van der Waals surface area contributed by atoms with E-state index in [0.29, 0.717) is 30.8 Å². The molecular formula is C12H19N3O2. The first-order valence-electron chi connectivity index (χ1n) is 6.45. The first-order chi connectivity index (χ1) is 8.22. The van der Waals surface area contributed by atoms with Gasteiger partial charge in [0.05, 0.1) is 12.6 Å². The Balaban J connectivity index is 1.58. The van der Waals surface area contributed by atoms with Gasteiger partial charge in [0, 0.05) is 12.5 Å². The van der Waals surface area contributed by atoms with Crippen LogP contribution in [-0.4, -0.2) is 39.3 Å². The Kier molecular flexibility index (Phi) is 2.88. The molecule has 0 amide bonds. The van der Waals surface area contributed by atoms with Gasteiger partial charge in [-0.15, -0.1) is 0 Å². The van der Waals surface area contributed by atoms with Crippen LogP contribution in [0.3, 0.4) is 0 Å². The summed E-state index contributed by atoms with van der Waals surface area (Å²) < 4.78 is 5.25. The molecule has 0 bridgehead atoms. The topological polar surface area (TPSA) is 62.4 Å². The highest BCUT2D eigenvalue weighted by molar-refractivity contribution is 5.03. The summed E-state index contributed by atoms with van der Waals surface area (Å²) in [5.41, 5.74) is 0. The van der Waals surface area contributed by atoms with Gasteiger partial charge in [0.25, 0.3) is 0 Å². The fourth-order valence-electron chi connectivity index (χ4n) is 2.29. The lowest BCUT2D eigenvalue weighted by atomic mass is 9.96. The first kappa shape index (κ1) is 11.2. The molecule has 2 fully saturated rings. The van der Waals surface area contributed by atoms with Crippen LogP contribution in [0.15, 0.2) is 4.52 Å². The van der Waals surface area contributed by atoms with Crippen molar-refractivity contribution >= 4 is 0 Å². The molecule has 1 aliphatic carbocycles. The van der Waals surface area contributed by atoms with Gasteiger partial charge in [-0.25, -0.2) is 0 Å². The van der Waals surface area contributed by atoms with Crippen LogP contribution in [0.25, 0.3) is 0 Å². The van der Waals surface area contributed by atoms with Gasteiger partial charge in [-0.05, 0) is 31.7 Å². The van der Waals surface area contributed by atoms with E-state index in [1.807, 2.05) is 0 Å². The molecular weight excluding hydrogens is 218 g/mol. The van der Waals surface area contributed by atoms with Gasteiger partial charge in [0.1, 0.15) is 0 Å². The lowest BCUT2D eigenvalue weighted by Gasteiger charge is -2.33. The Morgan fingerprint density at radius 2 is 2.24 bits per heavy atom. The van der Waals surface area contributed by atoms with Crippen LogP contribution < -0.4 is 0 Å². The van der Waals surface area contributed by atoms with Crippen molar-refractivity contribution in [2.75, 3.05) is 13.1 Å². The van der Waals surface area contributed by atoms with Crippen LogP contribution >= 0.6 is 0 Å². The molecule has 1 N–H and O–H groups in total. The monoisotopic (exact) mass is 237 g/mol. The highest BCUT2D eigenvalue weighted by Crippen LogP contribution is 2.38. The highest BCUT2D eigenvalue weighted by atomic mass is 16.5. The molecule has 2 atom stereocenters. The minimum Gasteiger partial charge on any atom is -0.392 e. The van der Waals surface area contributed by atoms with Crippen molar-refractivity contribution in [1.82, 2.24) is 15.0 Å². The van der Waals surface area contributed by atoms with Crippen LogP contribution in [0.4, 0.5) is 0 Å². The Morgan fingerprint density at radius 3 is 2.94 bits per heavy atom. The van der Waals surface area contributed by atoms with E-state index < -0.39 is 0 Å². The maximum Gasteiger partial charge on any atom is 0.240 e. The summed E-state index contributed by atoms with van der Waals surface area (Å²) in [5, 5.41) is 13.8. The van der Waals surface area contributed by atoms with E-state index in [4.69, 9.17) is 4.52 Å². The molecule has 5 nitrogen and oxygen atoms in total. The second-order valence-electron chi connectivity index (χ2n) is 5.39. The van der Waals surface area contributed by atoms with E-state index in [0.717, 1.165) is 18.8 Å². The summed E-state index contributed by atoms with van der Waals surface area (Å²) in [7, 11) is 0. The van der Waals surface area contributed by atoms with E-state index >= 15 is 0 Å². The van der Waals surface area contributed by atoms with E-state index in [2.05, 4.69) is 22.0 Å². The quantitative estimate of drug-likeness (QED) is 0.854. The summed E-state index contributed by atoms with van der Waals surface area (Å²) >= 11 is 0. The van der Waals surface area contributed by atoms with Crippen molar-refractivity contribution in [3.05, 3.63) is 11.7 Å². The fourth-order valence-corrected chi connectivity index (χ4v) is 2.29. The summed E-state index contributed by atoms with van der Waals surface area (Å²) in [4.78, 5) is 6.60. The molecule has 2 unspecified atom stereocenters. The molecule has 1 aliphatic heterocycles. The maximum absolute atomic E-state index is 9.82. The number of β-amino-alcohol motifs (C(OH)–C–C–N with tert-alkyl or cyclic N) is 1. The number of aliphatic hydroxyl groups excluding tert-OH is 1. The van der Waals surface area contributed by atoms with Gasteiger partial charge in [-0.2, -0.15) is 4.98 Å². The number of nitrogens with zero attached hydrogens (tertiary/aromatic N) is 3. The fraction of sp³-hybridized carbons (Fsp3) is 0.833. The summed E-state index contributed by atoms with van der Waals surface area (Å²) in [5.74, 6) is 2.50. The Morgan fingerprint density at radius 1 is 1.41 bits per heavy atom. The molecule has 1 saturated carbocycles. The zero-order valence-electron chi connectivity index (χ0n) is 10.2. The summed E-state index contributed by atoms with van der Waals surface area (Å²) in [6, 6.07) is 0. The normalized spacial score (nSPS) is 30.7. The average molecular weight is 237 g/mol. The SMILES string of the molecule is CC1CCN(Cc2nc(C3CC3)no2)CC1O. The third kappa shape index (κ3) is 2.50. The number of aliphatic hydroxyl groups is 1. The van der Waals surface area contributed by atoms with Crippen molar-refractivity contribution in [2.45, 2.75) is 44.8 Å². The van der Waals surface area contributed by atoms with Crippen LogP contribution in [-0.2, 0) is 6.54 Å². The van der Waals surface area contributed by atoms with Crippen molar-refractivity contribution in [2.24, 2.45) is 5.92 Å². The van der Waals surface area contributed by atoms with Crippen LogP contribution in [0, 0.1) is 5.92 Å². The van der Waals surface area contributed by atoms with Crippen molar-refractivity contribution in [3.8, 4) is 0 Å². The third-order valence-corrected chi connectivity index (χ3v) is 3.79. The molecule has 0 aromatic carbocycles. The van der Waals surface area contributed by atoms with Crippen LogP contribution in [0.2, 0.25) is 0 Å². The van der Waals surface area contributed by atoms with Crippen LogP contribution in [0.1, 0.15) is 43.8 Å². The minimum atomic E-state index is -0.227. The lowest BCUT2D eigenvalue weighted by Crippen LogP contribution is -2.42. The van der Waals surface area contributed by atoms with Gasteiger partial charge in [0.15, 0.2) is 5.82 Å². The second kappa shape index (κ2) is 4.38. The number of hydrogen-bond donors (Lipinski definition) is 1. The van der Waals surface area contributed by atoms with Gasteiger partial charge >= 0.3 is 0 Å². The number of likely N-dealkylation sites (tertiary alicyclic amines) is 1. The predicted octanol–water partition coefficient (Wildman–Crippen LogP) is 1.15. The first-order valence-corrected chi connectivity index (χ1v) is 6.45. The highest BCUT2D eigenvalue weighted by Gasteiger charge is 2.30. The Labute approximate surface area is 101 Å². The zero-order valence-corrected chi connectivity index (χ0v) is 10.2. The minimum absolute atomic E-state index is 0.227. The largest absolute Gasteiger partial charge is 0.392 e. The van der Waals surface area contributed by atoms with Gasteiger partial charge < -0.3 is 9.63 Å². The van der Waals surface area contributed by atoms with E-state index in [-0.39, 0.29) is 6.10 Å². The standard InChI is InChI=1S/C12H19N3O2/c1-8-4-5-15(6-10(8)16)7-11-13-12(14-17-11)9-2-3-9/h8-10,16H,2-7H2,1H3. The molecule has 17 heavy (non-hydrogen) atoms. The number of hydrogen-bond acceptors (Lipinski definition) is 5.